The minimum atomic E-state index is 0.494. The highest BCUT2D eigenvalue weighted by Gasteiger charge is 2.13. The summed E-state index contributed by atoms with van der Waals surface area (Å²) in [6, 6.07) is 2.64. The number of nitrogens with zero attached hydrogens (tertiary/aromatic N) is 2. The third kappa shape index (κ3) is 3.51. The zero-order chi connectivity index (χ0) is 8.81. The van der Waals surface area contributed by atoms with Crippen molar-refractivity contribution in [1.82, 2.24) is 0 Å². The fraction of sp³-hybridized carbons (Fsp3) is 0.750. The summed E-state index contributed by atoms with van der Waals surface area (Å²) in [7, 11) is 0. The molecule has 0 aromatic heterocycles. The van der Waals surface area contributed by atoms with Crippen molar-refractivity contribution in [2.45, 2.75) is 25.8 Å². The highest BCUT2D eigenvalue weighted by molar-refractivity contribution is 8.39. The number of aliphatic imine (C=N–C) groups is 1. The van der Waals surface area contributed by atoms with Crippen molar-refractivity contribution in [3.05, 3.63) is 0 Å². The average molecular weight is 200 g/mol. The molecule has 1 atom stereocenters. The maximum Gasteiger partial charge on any atom is 0.124 e. The highest BCUT2D eigenvalue weighted by Crippen LogP contribution is 2.26. The summed E-state index contributed by atoms with van der Waals surface area (Å²) in [5.74, 6) is 2.16. The second kappa shape index (κ2) is 5.50. The zero-order valence-electron chi connectivity index (χ0n) is 7.12. The summed E-state index contributed by atoms with van der Waals surface area (Å²) in [6.45, 7) is 2.13. The molecule has 0 aromatic carbocycles. The molecule has 0 radical (unpaired) electrons. The lowest BCUT2D eigenvalue weighted by Crippen LogP contribution is -1.92. The lowest BCUT2D eigenvalue weighted by Gasteiger charge is -1.95. The van der Waals surface area contributed by atoms with Crippen LogP contribution in [-0.4, -0.2) is 21.9 Å². The number of rotatable bonds is 3. The molecule has 0 aliphatic carbocycles. The van der Waals surface area contributed by atoms with Crippen LogP contribution in [0.15, 0.2) is 4.99 Å². The first-order valence-corrected chi connectivity index (χ1v) is 6.00. The van der Waals surface area contributed by atoms with Crippen molar-refractivity contribution in [2.75, 3.05) is 11.5 Å². The van der Waals surface area contributed by atoms with Crippen molar-refractivity contribution in [3.8, 4) is 6.07 Å². The number of nitriles is 1. The van der Waals surface area contributed by atoms with E-state index in [0.717, 1.165) is 17.9 Å². The highest BCUT2D eigenvalue weighted by atomic mass is 32.2. The number of thioether (sulfide) groups is 2. The SMILES string of the molecule is C[C@@H]1CSC(SCCCC#N)=N1. The molecule has 0 bridgehead atoms. The Balaban J connectivity index is 2.08. The van der Waals surface area contributed by atoms with Gasteiger partial charge in [-0.3, -0.25) is 4.99 Å². The number of hydrogen-bond acceptors (Lipinski definition) is 4. The largest absolute Gasteiger partial charge is 0.268 e. The molecule has 12 heavy (non-hydrogen) atoms. The maximum atomic E-state index is 8.31. The van der Waals surface area contributed by atoms with Gasteiger partial charge in [0.15, 0.2) is 0 Å². The summed E-state index contributed by atoms with van der Waals surface area (Å²) < 4.78 is 1.21. The van der Waals surface area contributed by atoms with Gasteiger partial charge in [0.05, 0.1) is 12.1 Å². The van der Waals surface area contributed by atoms with E-state index in [1.54, 1.807) is 11.8 Å². The van der Waals surface area contributed by atoms with Crippen LogP contribution >= 0.6 is 23.5 Å². The number of unbranched alkanes of at least 4 members (excludes halogenated alkanes) is 1. The fourth-order valence-electron chi connectivity index (χ4n) is 0.836. The Bertz CT molecular complexity index is 208. The molecule has 0 aromatic rings. The van der Waals surface area contributed by atoms with Gasteiger partial charge in [-0.2, -0.15) is 5.26 Å². The van der Waals surface area contributed by atoms with Gasteiger partial charge in [-0.25, -0.2) is 0 Å². The molecule has 1 heterocycles. The van der Waals surface area contributed by atoms with Crippen molar-refractivity contribution < 1.29 is 0 Å². The van der Waals surface area contributed by atoms with Gasteiger partial charge in [0, 0.05) is 17.9 Å². The first kappa shape index (κ1) is 9.94. The predicted octanol–water partition coefficient (Wildman–Crippen LogP) is 2.51. The van der Waals surface area contributed by atoms with Crippen LogP contribution in [0, 0.1) is 11.3 Å². The molecule has 0 amide bonds. The first-order chi connectivity index (χ1) is 5.83. The van der Waals surface area contributed by atoms with Gasteiger partial charge in [0.1, 0.15) is 4.38 Å². The van der Waals surface area contributed by atoms with Crippen molar-refractivity contribution >= 4 is 27.9 Å². The first-order valence-electron chi connectivity index (χ1n) is 4.03. The summed E-state index contributed by atoms with van der Waals surface area (Å²) in [4.78, 5) is 4.45. The molecule has 0 fully saturated rings. The molecule has 66 valence electrons. The molecule has 1 aliphatic rings. The van der Waals surface area contributed by atoms with Crippen LogP contribution in [0.3, 0.4) is 0 Å². The van der Waals surface area contributed by atoms with Crippen LogP contribution in [0.2, 0.25) is 0 Å². The Hall–Kier alpha value is -0.140. The molecule has 1 aliphatic heterocycles. The van der Waals surface area contributed by atoms with Crippen molar-refractivity contribution in [2.24, 2.45) is 4.99 Å². The van der Waals surface area contributed by atoms with Gasteiger partial charge < -0.3 is 0 Å². The van der Waals surface area contributed by atoms with E-state index in [2.05, 4.69) is 18.0 Å². The third-order valence-corrected chi connectivity index (χ3v) is 3.99. The second-order valence-corrected chi connectivity index (χ2v) is 5.02. The third-order valence-electron chi connectivity index (χ3n) is 1.43. The molecule has 0 saturated carbocycles. The zero-order valence-corrected chi connectivity index (χ0v) is 8.75. The summed E-state index contributed by atoms with van der Waals surface area (Å²) in [5, 5.41) is 8.31. The van der Waals surface area contributed by atoms with Crippen LogP contribution in [0.5, 0.6) is 0 Å². The predicted molar refractivity (Wildman–Crippen MR) is 56.7 cm³/mol. The summed E-state index contributed by atoms with van der Waals surface area (Å²) in [5.41, 5.74) is 0. The quantitative estimate of drug-likeness (QED) is 0.657. The van der Waals surface area contributed by atoms with Crippen molar-refractivity contribution in [3.63, 3.8) is 0 Å². The Morgan fingerprint density at radius 3 is 3.25 bits per heavy atom. The van der Waals surface area contributed by atoms with Gasteiger partial charge in [0.2, 0.25) is 0 Å². The topological polar surface area (TPSA) is 36.1 Å². The number of hydrogen-bond donors (Lipinski definition) is 0. The van der Waals surface area contributed by atoms with Crippen LogP contribution < -0.4 is 0 Å². The van der Waals surface area contributed by atoms with E-state index in [1.807, 2.05) is 11.8 Å². The summed E-state index contributed by atoms with van der Waals surface area (Å²) >= 11 is 3.63. The molecule has 0 saturated heterocycles. The molecule has 0 unspecified atom stereocenters. The van der Waals surface area contributed by atoms with Gasteiger partial charge in [0.25, 0.3) is 0 Å². The van der Waals surface area contributed by atoms with E-state index in [0.29, 0.717) is 12.5 Å². The van der Waals surface area contributed by atoms with E-state index in [4.69, 9.17) is 5.26 Å². The smallest absolute Gasteiger partial charge is 0.124 e. The Kier molecular flexibility index (Phi) is 4.55. The van der Waals surface area contributed by atoms with E-state index in [1.165, 1.54) is 4.38 Å². The standard InChI is InChI=1S/C8H12N2S2/c1-7-6-12-8(10-7)11-5-3-2-4-9/h7H,2-3,5-6H2,1H3/t7-/m1/s1. The second-order valence-electron chi connectivity index (χ2n) is 2.67. The Labute approximate surface area is 81.8 Å². The molecular weight excluding hydrogens is 188 g/mol. The van der Waals surface area contributed by atoms with Gasteiger partial charge in [-0.1, -0.05) is 23.5 Å². The molecule has 0 spiro atoms. The van der Waals surface area contributed by atoms with E-state index in [9.17, 15) is 0 Å². The van der Waals surface area contributed by atoms with Crippen molar-refractivity contribution in [1.29, 1.82) is 5.26 Å². The molecule has 2 nitrogen and oxygen atoms in total. The van der Waals surface area contributed by atoms with Crippen LogP contribution in [0.1, 0.15) is 19.8 Å². The van der Waals surface area contributed by atoms with E-state index >= 15 is 0 Å². The lowest BCUT2D eigenvalue weighted by molar-refractivity contribution is 0.867. The Morgan fingerprint density at radius 1 is 1.83 bits per heavy atom. The average Bonchev–Trinajstić information content (AvgIpc) is 2.45. The normalized spacial score (nSPS) is 22.0. The fourth-order valence-corrected chi connectivity index (χ4v) is 3.05. The van der Waals surface area contributed by atoms with Gasteiger partial charge in [-0.15, -0.1) is 0 Å². The van der Waals surface area contributed by atoms with E-state index in [-0.39, 0.29) is 0 Å². The monoisotopic (exact) mass is 200 g/mol. The molecule has 1 rings (SSSR count). The van der Waals surface area contributed by atoms with E-state index < -0.39 is 0 Å². The van der Waals surface area contributed by atoms with Gasteiger partial charge >= 0.3 is 0 Å². The summed E-state index contributed by atoms with van der Waals surface area (Å²) in [6.07, 6.45) is 1.65. The maximum absolute atomic E-state index is 8.31. The van der Waals surface area contributed by atoms with Crippen LogP contribution in [-0.2, 0) is 0 Å². The van der Waals surface area contributed by atoms with Crippen LogP contribution in [0.25, 0.3) is 0 Å². The minimum Gasteiger partial charge on any atom is -0.268 e. The lowest BCUT2D eigenvalue weighted by atomic mass is 10.4. The van der Waals surface area contributed by atoms with Gasteiger partial charge in [-0.05, 0) is 13.3 Å². The molecule has 4 heteroatoms. The minimum absolute atomic E-state index is 0.494. The Morgan fingerprint density at radius 2 is 2.67 bits per heavy atom. The van der Waals surface area contributed by atoms with Crippen LogP contribution in [0.4, 0.5) is 0 Å². The molecular formula is C8H12N2S2. The molecule has 0 N–H and O–H groups in total.